The Morgan fingerprint density at radius 2 is 1.97 bits per heavy atom. The minimum absolute atomic E-state index is 0.0415. The van der Waals surface area contributed by atoms with Gasteiger partial charge in [-0.1, -0.05) is 12.1 Å². The molecule has 1 aromatic heterocycles. The first-order chi connectivity index (χ1) is 15.2. The predicted molar refractivity (Wildman–Crippen MR) is 112 cm³/mol. The summed E-state index contributed by atoms with van der Waals surface area (Å²) in [6, 6.07) is 4.70. The number of aromatic nitrogens is 1. The number of hydrogen-bond donors (Lipinski definition) is 5. The normalized spacial score (nSPS) is 29.5. The van der Waals surface area contributed by atoms with E-state index in [2.05, 4.69) is 4.98 Å². The van der Waals surface area contributed by atoms with E-state index in [0.717, 1.165) is 0 Å². The van der Waals surface area contributed by atoms with Gasteiger partial charge in [-0.15, -0.1) is 11.3 Å². The van der Waals surface area contributed by atoms with Crippen molar-refractivity contribution in [3.8, 4) is 5.75 Å². The number of fused-ring (bicyclic) bond motifs is 3. The number of Topliss-reactive ketones (excluding diaryl/α,β-unsaturated/α-hetero) is 2. The lowest BCUT2D eigenvalue weighted by Crippen LogP contribution is -2.58. The minimum Gasteiger partial charge on any atom is -0.508 e. The number of aromatic hydroxyl groups is 1. The molecule has 3 aliphatic carbocycles. The van der Waals surface area contributed by atoms with Crippen molar-refractivity contribution in [2.24, 2.45) is 17.6 Å². The summed E-state index contributed by atoms with van der Waals surface area (Å²) >= 11 is 1.33. The van der Waals surface area contributed by atoms with Gasteiger partial charge >= 0.3 is 0 Å². The SMILES string of the molecule is NC(=O)C1=C(O)[C@@]2(O)C(=O)C3=C(O)c4c(O)cccc4[C@H](c4nccs4)C3C[C@H]2CC1=O. The summed E-state index contributed by atoms with van der Waals surface area (Å²) in [5.41, 5.74) is 2.21. The molecule has 0 saturated heterocycles. The van der Waals surface area contributed by atoms with E-state index in [1.165, 1.54) is 17.4 Å². The molecule has 1 amide bonds. The van der Waals surface area contributed by atoms with Gasteiger partial charge in [0.25, 0.3) is 5.91 Å². The maximum absolute atomic E-state index is 13.6. The molecule has 0 bridgehead atoms. The summed E-state index contributed by atoms with van der Waals surface area (Å²) in [6.45, 7) is 0. The third-order valence-electron chi connectivity index (χ3n) is 6.67. The zero-order chi connectivity index (χ0) is 22.9. The molecule has 2 aromatic rings. The van der Waals surface area contributed by atoms with Crippen molar-refractivity contribution in [1.29, 1.82) is 0 Å². The number of phenolic OH excluding ortho intramolecular Hbond substituents is 1. The lowest BCUT2D eigenvalue weighted by Gasteiger charge is -2.47. The number of carbonyl (C=O) groups is 3. The number of phenols is 1. The highest BCUT2D eigenvalue weighted by Gasteiger charge is 2.62. The molecule has 1 saturated carbocycles. The number of nitrogens with zero attached hydrogens (tertiary/aromatic N) is 1. The highest BCUT2D eigenvalue weighted by atomic mass is 32.1. The second-order valence-electron chi connectivity index (χ2n) is 8.20. The van der Waals surface area contributed by atoms with Gasteiger partial charge in [-0.05, 0) is 18.1 Å². The maximum Gasteiger partial charge on any atom is 0.255 e. The van der Waals surface area contributed by atoms with Crippen LogP contribution in [0.15, 0.2) is 46.7 Å². The highest BCUT2D eigenvalue weighted by molar-refractivity contribution is 7.09. The number of rotatable bonds is 2. The molecule has 0 radical (unpaired) electrons. The summed E-state index contributed by atoms with van der Waals surface area (Å²) in [6.07, 6.45) is 1.27. The van der Waals surface area contributed by atoms with Crippen LogP contribution in [0.2, 0.25) is 0 Å². The summed E-state index contributed by atoms with van der Waals surface area (Å²) in [4.78, 5) is 42.2. The van der Waals surface area contributed by atoms with Crippen LogP contribution in [0.4, 0.5) is 0 Å². The Kier molecular flexibility index (Phi) is 4.30. The molecule has 32 heavy (non-hydrogen) atoms. The molecule has 0 aliphatic heterocycles. The molecular formula is C22H18N2O7S. The molecule has 164 valence electrons. The molecule has 0 spiro atoms. The molecule has 3 aliphatic rings. The van der Waals surface area contributed by atoms with E-state index in [1.54, 1.807) is 23.7 Å². The first-order valence-corrected chi connectivity index (χ1v) is 10.7. The van der Waals surface area contributed by atoms with Crippen LogP contribution >= 0.6 is 11.3 Å². The highest BCUT2D eigenvalue weighted by Crippen LogP contribution is 2.57. The van der Waals surface area contributed by atoms with Crippen molar-refractivity contribution in [3.63, 3.8) is 0 Å². The number of ketones is 2. The number of aliphatic hydroxyl groups excluding tert-OH is 2. The smallest absolute Gasteiger partial charge is 0.255 e. The number of primary amides is 1. The van der Waals surface area contributed by atoms with E-state index in [4.69, 9.17) is 5.73 Å². The molecular weight excluding hydrogens is 436 g/mol. The average molecular weight is 454 g/mol. The summed E-state index contributed by atoms with van der Waals surface area (Å²) < 4.78 is 0. The standard InChI is InChI=1S/C22H18N2O7S/c23-20(30)16-12(26)7-8-6-10-13(21-24-4-5-32-21)9-2-1-3-11(25)14(9)17(27)15(10)18(28)22(8,31)19(16)29/h1-5,8,10,13,25,27,29,31H,6-7H2,(H2,23,30)/t8-,10?,13-,22-/m0/s1. The second kappa shape index (κ2) is 6.75. The summed E-state index contributed by atoms with van der Waals surface area (Å²) in [7, 11) is 0. The number of aliphatic hydroxyl groups is 3. The Bertz CT molecular complexity index is 1260. The van der Waals surface area contributed by atoms with Gasteiger partial charge in [0, 0.05) is 41.3 Å². The Labute approximate surface area is 185 Å². The van der Waals surface area contributed by atoms with Crippen LogP contribution in [0.3, 0.4) is 0 Å². The van der Waals surface area contributed by atoms with E-state index >= 15 is 0 Å². The average Bonchev–Trinajstić information content (AvgIpc) is 3.25. The maximum atomic E-state index is 13.6. The monoisotopic (exact) mass is 454 g/mol. The molecule has 1 heterocycles. The number of benzene rings is 1. The van der Waals surface area contributed by atoms with Crippen molar-refractivity contribution in [3.05, 3.63) is 62.8 Å². The lowest BCUT2D eigenvalue weighted by atomic mass is 9.57. The van der Waals surface area contributed by atoms with Crippen LogP contribution in [0, 0.1) is 11.8 Å². The van der Waals surface area contributed by atoms with Crippen molar-refractivity contribution in [1.82, 2.24) is 4.98 Å². The van der Waals surface area contributed by atoms with E-state index in [9.17, 15) is 34.8 Å². The van der Waals surface area contributed by atoms with Crippen LogP contribution in [0.25, 0.3) is 5.76 Å². The zero-order valence-electron chi connectivity index (χ0n) is 16.5. The fraction of sp³-hybridized carbons (Fsp3) is 0.273. The lowest BCUT2D eigenvalue weighted by molar-refractivity contribution is -0.147. The Morgan fingerprint density at radius 1 is 1.22 bits per heavy atom. The van der Waals surface area contributed by atoms with Crippen LogP contribution in [0.5, 0.6) is 5.75 Å². The topological polar surface area (TPSA) is 171 Å². The summed E-state index contributed by atoms with van der Waals surface area (Å²) in [5, 5.41) is 45.9. The minimum atomic E-state index is -2.59. The van der Waals surface area contributed by atoms with Crippen molar-refractivity contribution in [2.45, 2.75) is 24.4 Å². The van der Waals surface area contributed by atoms with Gasteiger partial charge in [0.05, 0.1) is 5.56 Å². The van der Waals surface area contributed by atoms with Gasteiger partial charge in [-0.25, -0.2) is 4.98 Å². The van der Waals surface area contributed by atoms with E-state index in [1.807, 2.05) is 0 Å². The predicted octanol–water partition coefficient (Wildman–Crippen LogP) is 1.47. The number of amides is 1. The molecule has 9 nitrogen and oxygen atoms in total. The molecule has 1 unspecified atom stereocenters. The third kappa shape index (κ3) is 2.47. The van der Waals surface area contributed by atoms with Gasteiger partial charge in [0.2, 0.25) is 5.78 Å². The number of hydrogen-bond acceptors (Lipinski definition) is 9. The van der Waals surface area contributed by atoms with Gasteiger partial charge < -0.3 is 26.2 Å². The Hall–Kier alpha value is -3.50. The molecule has 1 aromatic carbocycles. The molecule has 6 N–H and O–H groups in total. The van der Waals surface area contributed by atoms with Gasteiger partial charge in [-0.3, -0.25) is 14.4 Å². The Morgan fingerprint density at radius 3 is 2.62 bits per heavy atom. The zero-order valence-corrected chi connectivity index (χ0v) is 17.3. The number of carbonyl (C=O) groups excluding carboxylic acids is 3. The molecule has 5 rings (SSSR count). The Balaban J connectivity index is 1.78. The summed E-state index contributed by atoms with van der Waals surface area (Å²) in [5.74, 6) is -7.15. The van der Waals surface area contributed by atoms with Crippen molar-refractivity contribution in [2.75, 3.05) is 0 Å². The van der Waals surface area contributed by atoms with Gasteiger partial charge in [0.15, 0.2) is 11.4 Å². The van der Waals surface area contributed by atoms with Crippen LogP contribution in [-0.2, 0) is 14.4 Å². The van der Waals surface area contributed by atoms with Crippen molar-refractivity contribution >= 4 is 34.6 Å². The second-order valence-corrected chi connectivity index (χ2v) is 9.13. The number of thiazole rings is 1. The van der Waals surface area contributed by atoms with E-state index in [0.29, 0.717) is 10.6 Å². The van der Waals surface area contributed by atoms with Crippen LogP contribution in [-0.4, -0.2) is 48.5 Å². The molecule has 1 fully saturated rings. The number of nitrogens with two attached hydrogens (primary N) is 1. The first kappa shape index (κ1) is 20.4. The third-order valence-corrected chi connectivity index (χ3v) is 7.53. The van der Waals surface area contributed by atoms with Gasteiger partial charge in [0.1, 0.15) is 27.8 Å². The molecule has 10 heteroatoms. The fourth-order valence-corrected chi connectivity index (χ4v) is 6.11. The van der Waals surface area contributed by atoms with Crippen LogP contribution in [0.1, 0.15) is 34.9 Å². The van der Waals surface area contributed by atoms with E-state index < -0.39 is 57.9 Å². The van der Waals surface area contributed by atoms with E-state index in [-0.39, 0.29) is 29.7 Å². The largest absolute Gasteiger partial charge is 0.508 e. The molecule has 4 atom stereocenters. The van der Waals surface area contributed by atoms with Crippen molar-refractivity contribution < 1.29 is 34.8 Å². The first-order valence-electron chi connectivity index (χ1n) is 9.86. The fourth-order valence-electron chi connectivity index (χ4n) is 5.29. The quantitative estimate of drug-likeness (QED) is 0.425. The van der Waals surface area contributed by atoms with Crippen LogP contribution < -0.4 is 5.73 Å². The van der Waals surface area contributed by atoms with Gasteiger partial charge in [-0.2, -0.15) is 0 Å².